The molecule has 1 saturated heterocycles. The van der Waals surface area contributed by atoms with Crippen LogP contribution in [0.3, 0.4) is 0 Å². The first-order valence-corrected chi connectivity index (χ1v) is 11.4. The molecule has 1 fully saturated rings. The van der Waals surface area contributed by atoms with Crippen LogP contribution in [0, 0.1) is 5.82 Å². The van der Waals surface area contributed by atoms with Crippen molar-refractivity contribution in [1.29, 1.82) is 0 Å². The second-order valence-corrected chi connectivity index (χ2v) is 9.60. The number of carbonyl (C=O) groups excluding carboxylic acids is 1. The van der Waals surface area contributed by atoms with Crippen molar-refractivity contribution < 1.29 is 17.6 Å². The van der Waals surface area contributed by atoms with E-state index in [4.69, 9.17) is 11.6 Å². The van der Waals surface area contributed by atoms with Crippen LogP contribution in [0.25, 0.3) is 0 Å². The molecule has 0 aliphatic carbocycles. The van der Waals surface area contributed by atoms with Gasteiger partial charge in [0.1, 0.15) is 10.7 Å². The lowest BCUT2D eigenvalue weighted by atomic mass is 10.1. The second kappa shape index (κ2) is 8.81. The topological polar surface area (TPSA) is 57.7 Å². The highest BCUT2D eigenvalue weighted by Crippen LogP contribution is 2.26. The zero-order valence-electron chi connectivity index (χ0n) is 16.4. The van der Waals surface area contributed by atoms with Crippen molar-refractivity contribution >= 4 is 27.5 Å². The van der Waals surface area contributed by atoms with Crippen molar-refractivity contribution in [2.24, 2.45) is 0 Å². The summed E-state index contributed by atoms with van der Waals surface area (Å²) in [4.78, 5) is 14.0. The molecule has 1 aliphatic rings. The molecule has 1 aliphatic heterocycles. The van der Waals surface area contributed by atoms with Crippen LogP contribution in [0.1, 0.15) is 48.1 Å². The van der Waals surface area contributed by atoms with E-state index in [0.717, 1.165) is 37.0 Å². The van der Waals surface area contributed by atoms with E-state index >= 15 is 0 Å². The number of halogens is 2. The Morgan fingerprint density at radius 3 is 2.34 bits per heavy atom. The minimum absolute atomic E-state index is 0.130. The van der Waals surface area contributed by atoms with Crippen LogP contribution in [-0.2, 0) is 10.0 Å². The largest absolute Gasteiger partial charge is 0.335 e. The molecular weight excluding hydrogens is 415 g/mol. The monoisotopic (exact) mass is 438 g/mol. The lowest BCUT2D eigenvalue weighted by Crippen LogP contribution is -2.36. The highest BCUT2D eigenvalue weighted by Gasteiger charge is 2.30. The minimum atomic E-state index is -3.98. The Balaban J connectivity index is 1.88. The molecule has 0 bridgehead atoms. The number of rotatable bonds is 5. The standard InChI is InChI=1S/C21H24ClFN2O3S/c1-15(16-6-9-18(22)10-7-16)24(2)21(26)17-8-11-19(23)20(14-17)29(27,28)25-12-4-3-5-13-25/h6-11,14-15H,3-5,12-13H2,1-2H3. The molecule has 0 saturated carbocycles. The fourth-order valence-corrected chi connectivity index (χ4v) is 5.16. The van der Waals surface area contributed by atoms with E-state index in [1.54, 1.807) is 19.2 Å². The first kappa shape index (κ1) is 21.7. The summed E-state index contributed by atoms with van der Waals surface area (Å²) in [5.41, 5.74) is 1.01. The number of benzene rings is 2. The number of hydrogen-bond acceptors (Lipinski definition) is 3. The number of nitrogens with zero attached hydrogens (tertiary/aromatic N) is 2. The van der Waals surface area contributed by atoms with E-state index in [1.807, 2.05) is 19.1 Å². The summed E-state index contributed by atoms with van der Waals surface area (Å²) in [5, 5.41) is 0.598. The van der Waals surface area contributed by atoms with Crippen molar-refractivity contribution in [3.8, 4) is 0 Å². The summed E-state index contributed by atoms with van der Waals surface area (Å²) in [6.07, 6.45) is 2.46. The van der Waals surface area contributed by atoms with Crippen LogP contribution in [0.2, 0.25) is 5.02 Å². The van der Waals surface area contributed by atoms with Gasteiger partial charge in [-0.2, -0.15) is 4.31 Å². The molecule has 1 atom stereocenters. The Bertz CT molecular complexity index is 989. The lowest BCUT2D eigenvalue weighted by molar-refractivity contribution is 0.0742. The van der Waals surface area contributed by atoms with Gasteiger partial charge in [0, 0.05) is 30.7 Å². The molecule has 1 amide bonds. The molecular formula is C21H24ClFN2O3S. The Morgan fingerprint density at radius 1 is 1.10 bits per heavy atom. The van der Waals surface area contributed by atoms with E-state index in [1.165, 1.54) is 15.3 Å². The van der Waals surface area contributed by atoms with E-state index in [9.17, 15) is 17.6 Å². The van der Waals surface area contributed by atoms with Gasteiger partial charge in [-0.1, -0.05) is 30.2 Å². The maximum absolute atomic E-state index is 14.4. The number of amides is 1. The Hall–Kier alpha value is -1.96. The van der Waals surface area contributed by atoms with Crippen LogP contribution in [0.4, 0.5) is 4.39 Å². The first-order valence-electron chi connectivity index (χ1n) is 9.54. The van der Waals surface area contributed by atoms with Crippen molar-refractivity contribution in [2.45, 2.75) is 37.1 Å². The van der Waals surface area contributed by atoms with Crippen LogP contribution in [0.15, 0.2) is 47.4 Å². The predicted molar refractivity (Wildman–Crippen MR) is 111 cm³/mol. The average molecular weight is 439 g/mol. The molecule has 5 nitrogen and oxygen atoms in total. The van der Waals surface area contributed by atoms with Gasteiger partial charge in [-0.3, -0.25) is 4.79 Å². The lowest BCUT2D eigenvalue weighted by Gasteiger charge is -2.27. The molecule has 2 aromatic carbocycles. The van der Waals surface area contributed by atoms with Gasteiger partial charge < -0.3 is 4.90 Å². The van der Waals surface area contributed by atoms with Crippen LogP contribution >= 0.6 is 11.6 Å². The molecule has 156 valence electrons. The van der Waals surface area contributed by atoms with Crippen LogP contribution in [-0.4, -0.2) is 43.7 Å². The van der Waals surface area contributed by atoms with E-state index in [0.29, 0.717) is 18.1 Å². The quantitative estimate of drug-likeness (QED) is 0.691. The van der Waals surface area contributed by atoms with Gasteiger partial charge in [0.2, 0.25) is 10.0 Å². The van der Waals surface area contributed by atoms with Gasteiger partial charge in [-0.15, -0.1) is 0 Å². The fraction of sp³-hybridized carbons (Fsp3) is 0.381. The van der Waals surface area contributed by atoms with Crippen molar-refractivity contribution in [2.75, 3.05) is 20.1 Å². The van der Waals surface area contributed by atoms with Crippen molar-refractivity contribution in [3.63, 3.8) is 0 Å². The molecule has 0 spiro atoms. The van der Waals surface area contributed by atoms with E-state index < -0.39 is 20.7 Å². The zero-order chi connectivity index (χ0) is 21.2. The normalized spacial score (nSPS) is 16.4. The van der Waals surface area contributed by atoms with Crippen molar-refractivity contribution in [1.82, 2.24) is 9.21 Å². The molecule has 1 heterocycles. The van der Waals surface area contributed by atoms with Gasteiger partial charge in [0.15, 0.2) is 0 Å². The second-order valence-electron chi connectivity index (χ2n) is 7.25. The molecule has 8 heteroatoms. The van der Waals surface area contributed by atoms with Crippen LogP contribution in [0.5, 0.6) is 0 Å². The summed E-state index contributed by atoms with van der Waals surface area (Å²) >= 11 is 5.92. The third-order valence-electron chi connectivity index (χ3n) is 5.36. The number of sulfonamides is 1. The Kier molecular flexibility index (Phi) is 6.61. The minimum Gasteiger partial charge on any atom is -0.335 e. The van der Waals surface area contributed by atoms with Gasteiger partial charge >= 0.3 is 0 Å². The third-order valence-corrected chi connectivity index (χ3v) is 7.53. The smallest absolute Gasteiger partial charge is 0.254 e. The summed E-state index contributed by atoms with van der Waals surface area (Å²) in [7, 11) is -2.35. The zero-order valence-corrected chi connectivity index (χ0v) is 18.0. The number of hydrogen-bond donors (Lipinski definition) is 0. The Labute approximate surface area is 176 Å². The average Bonchev–Trinajstić information content (AvgIpc) is 2.73. The fourth-order valence-electron chi connectivity index (χ4n) is 3.42. The molecule has 2 aromatic rings. The summed E-state index contributed by atoms with van der Waals surface area (Å²) in [6.45, 7) is 2.59. The van der Waals surface area contributed by atoms with E-state index in [-0.39, 0.29) is 17.5 Å². The number of carbonyl (C=O) groups is 1. The molecule has 0 N–H and O–H groups in total. The number of piperidine rings is 1. The van der Waals surface area contributed by atoms with E-state index in [2.05, 4.69) is 0 Å². The summed E-state index contributed by atoms with van der Waals surface area (Å²) < 4.78 is 41.5. The van der Waals surface area contributed by atoms with Gasteiger partial charge in [-0.05, 0) is 55.7 Å². The van der Waals surface area contributed by atoms with Crippen molar-refractivity contribution in [3.05, 3.63) is 64.4 Å². The van der Waals surface area contributed by atoms with Gasteiger partial charge in [-0.25, -0.2) is 12.8 Å². The Morgan fingerprint density at radius 2 is 1.72 bits per heavy atom. The molecule has 0 aromatic heterocycles. The molecule has 1 unspecified atom stereocenters. The maximum Gasteiger partial charge on any atom is 0.254 e. The maximum atomic E-state index is 14.4. The van der Waals surface area contributed by atoms with Gasteiger partial charge in [0.05, 0.1) is 6.04 Å². The molecule has 3 rings (SSSR count). The van der Waals surface area contributed by atoms with Crippen LogP contribution < -0.4 is 0 Å². The molecule has 0 radical (unpaired) electrons. The summed E-state index contributed by atoms with van der Waals surface area (Å²) in [5.74, 6) is -1.23. The van der Waals surface area contributed by atoms with Gasteiger partial charge in [0.25, 0.3) is 5.91 Å². The highest BCUT2D eigenvalue weighted by molar-refractivity contribution is 7.89. The molecule has 29 heavy (non-hydrogen) atoms. The first-order chi connectivity index (χ1) is 13.7. The summed E-state index contributed by atoms with van der Waals surface area (Å²) in [6, 6.07) is 10.4. The predicted octanol–water partition coefficient (Wildman–Crippen LogP) is 4.49. The SMILES string of the molecule is CC(c1ccc(Cl)cc1)N(C)C(=O)c1ccc(F)c(S(=O)(=O)N2CCCCC2)c1. The third kappa shape index (κ3) is 4.63. The highest BCUT2D eigenvalue weighted by atomic mass is 35.5.